The van der Waals surface area contributed by atoms with Gasteiger partial charge in [-0.1, -0.05) is 20.3 Å². The highest BCUT2D eigenvalue weighted by Gasteiger charge is 1.94. The lowest BCUT2D eigenvalue weighted by Gasteiger charge is -1.88. The van der Waals surface area contributed by atoms with E-state index in [-0.39, 0.29) is 0 Å². The Kier molecular flexibility index (Phi) is 7.76. The Bertz CT molecular complexity index is 33.3. The van der Waals surface area contributed by atoms with Crippen LogP contribution < -0.4 is 0 Å². The maximum Gasteiger partial charge on any atom is 0.0875 e. The SMILES string of the molecule is CCC[CH+]CCCCC. The summed E-state index contributed by atoms with van der Waals surface area (Å²) in [6, 6.07) is 0. The van der Waals surface area contributed by atoms with E-state index in [1.54, 1.807) is 0 Å². The molecule has 0 rings (SSSR count). The fourth-order valence-electron chi connectivity index (χ4n) is 0.887. The zero-order valence-corrected chi connectivity index (χ0v) is 6.82. The second-order valence-electron chi connectivity index (χ2n) is 2.57. The molecular formula is C9H19+. The number of hydrogen-bond donors (Lipinski definition) is 0. The minimum absolute atomic E-state index is 1.31. The van der Waals surface area contributed by atoms with Crippen molar-refractivity contribution in [3.05, 3.63) is 6.42 Å². The quantitative estimate of drug-likeness (QED) is 0.378. The second-order valence-corrected chi connectivity index (χ2v) is 2.57. The number of rotatable bonds is 6. The van der Waals surface area contributed by atoms with Crippen LogP contribution in [0.1, 0.15) is 52.4 Å². The average molecular weight is 127 g/mol. The van der Waals surface area contributed by atoms with Crippen LogP contribution in [0.4, 0.5) is 0 Å². The summed E-state index contributed by atoms with van der Waals surface area (Å²) in [7, 11) is 0. The summed E-state index contributed by atoms with van der Waals surface area (Å²) in [6.07, 6.45) is 10.5. The molecular weight excluding hydrogens is 108 g/mol. The van der Waals surface area contributed by atoms with Crippen molar-refractivity contribution in [1.82, 2.24) is 0 Å². The Morgan fingerprint density at radius 2 is 1.67 bits per heavy atom. The monoisotopic (exact) mass is 127 g/mol. The standard InChI is InChI=1S/C9H19/c1-3-5-7-9-8-6-4-2/h7H,3-6,8-9H2,1-2H3/q+1. The Morgan fingerprint density at radius 1 is 0.889 bits per heavy atom. The molecule has 0 bridgehead atoms. The predicted molar refractivity (Wildman–Crippen MR) is 43.4 cm³/mol. The smallest absolute Gasteiger partial charge is 0.0654 e. The van der Waals surface area contributed by atoms with Gasteiger partial charge in [0.2, 0.25) is 0 Å². The summed E-state index contributed by atoms with van der Waals surface area (Å²) >= 11 is 0. The molecule has 0 saturated carbocycles. The fraction of sp³-hybridized carbons (Fsp3) is 0.889. The van der Waals surface area contributed by atoms with Gasteiger partial charge in [-0.05, 0) is 19.3 Å². The van der Waals surface area contributed by atoms with Crippen LogP contribution in [0, 0.1) is 6.42 Å². The minimum atomic E-state index is 1.31. The van der Waals surface area contributed by atoms with Gasteiger partial charge in [0, 0.05) is 0 Å². The van der Waals surface area contributed by atoms with Gasteiger partial charge in [-0.3, -0.25) is 0 Å². The summed E-state index contributed by atoms with van der Waals surface area (Å²) in [5.41, 5.74) is 0. The van der Waals surface area contributed by atoms with E-state index in [0.717, 1.165) is 0 Å². The first-order chi connectivity index (χ1) is 4.41. The highest BCUT2D eigenvalue weighted by atomic mass is 13.9. The molecule has 0 heteroatoms. The third-order valence-electron chi connectivity index (χ3n) is 1.50. The van der Waals surface area contributed by atoms with Crippen molar-refractivity contribution in [2.24, 2.45) is 0 Å². The topological polar surface area (TPSA) is 0 Å². The van der Waals surface area contributed by atoms with Gasteiger partial charge in [-0.2, -0.15) is 0 Å². The van der Waals surface area contributed by atoms with Gasteiger partial charge >= 0.3 is 0 Å². The van der Waals surface area contributed by atoms with Crippen molar-refractivity contribution >= 4 is 0 Å². The zero-order chi connectivity index (χ0) is 6.95. The summed E-state index contributed by atoms with van der Waals surface area (Å²) in [5.74, 6) is 0. The van der Waals surface area contributed by atoms with Crippen molar-refractivity contribution < 1.29 is 0 Å². The van der Waals surface area contributed by atoms with Crippen molar-refractivity contribution in [3.8, 4) is 0 Å². The van der Waals surface area contributed by atoms with Gasteiger partial charge in [0.15, 0.2) is 0 Å². The molecule has 0 aromatic rings. The number of hydrogen-bond acceptors (Lipinski definition) is 0. The Labute approximate surface area is 59.7 Å². The van der Waals surface area contributed by atoms with Crippen LogP contribution in [0.15, 0.2) is 0 Å². The molecule has 0 spiro atoms. The molecule has 0 fully saturated rings. The summed E-state index contributed by atoms with van der Waals surface area (Å²) < 4.78 is 0. The molecule has 0 atom stereocenters. The molecule has 0 saturated heterocycles. The van der Waals surface area contributed by atoms with Crippen LogP contribution >= 0.6 is 0 Å². The Hall–Kier alpha value is -0.130. The maximum atomic E-state index is 2.41. The molecule has 0 N–H and O–H groups in total. The van der Waals surface area contributed by atoms with Crippen molar-refractivity contribution in [3.63, 3.8) is 0 Å². The highest BCUT2D eigenvalue weighted by Crippen LogP contribution is 2.04. The first-order valence-electron chi connectivity index (χ1n) is 4.23. The lowest BCUT2D eigenvalue weighted by molar-refractivity contribution is 0.687. The van der Waals surface area contributed by atoms with Gasteiger partial charge in [-0.15, -0.1) is 0 Å². The maximum absolute atomic E-state index is 2.41. The van der Waals surface area contributed by atoms with Crippen LogP contribution in [0.25, 0.3) is 0 Å². The van der Waals surface area contributed by atoms with Crippen LogP contribution in [-0.2, 0) is 0 Å². The third-order valence-corrected chi connectivity index (χ3v) is 1.50. The fourth-order valence-corrected chi connectivity index (χ4v) is 0.887. The van der Waals surface area contributed by atoms with E-state index in [2.05, 4.69) is 20.3 Å². The Balaban J connectivity index is 2.60. The van der Waals surface area contributed by atoms with Crippen molar-refractivity contribution in [2.45, 2.75) is 52.4 Å². The first-order valence-corrected chi connectivity index (χ1v) is 4.23. The van der Waals surface area contributed by atoms with E-state index in [1.165, 1.54) is 38.5 Å². The summed E-state index contributed by atoms with van der Waals surface area (Å²) in [4.78, 5) is 0. The molecule has 0 aromatic carbocycles. The van der Waals surface area contributed by atoms with E-state index < -0.39 is 0 Å². The lowest BCUT2D eigenvalue weighted by Crippen LogP contribution is -1.77. The average Bonchev–Trinajstić information content (AvgIpc) is 1.89. The third kappa shape index (κ3) is 7.87. The Morgan fingerprint density at radius 3 is 2.22 bits per heavy atom. The van der Waals surface area contributed by atoms with E-state index in [9.17, 15) is 0 Å². The summed E-state index contributed by atoms with van der Waals surface area (Å²) in [5, 5.41) is 0. The van der Waals surface area contributed by atoms with E-state index in [4.69, 9.17) is 0 Å². The lowest BCUT2D eigenvalue weighted by atomic mass is 10.1. The number of unbranched alkanes of at least 4 members (excludes halogenated alkanes) is 6. The van der Waals surface area contributed by atoms with Crippen LogP contribution in [0.3, 0.4) is 0 Å². The molecule has 54 valence electrons. The largest absolute Gasteiger partial charge is 0.0875 e. The van der Waals surface area contributed by atoms with Crippen molar-refractivity contribution in [2.75, 3.05) is 0 Å². The van der Waals surface area contributed by atoms with Gasteiger partial charge in [-0.25, -0.2) is 0 Å². The summed E-state index contributed by atoms with van der Waals surface area (Å²) in [6.45, 7) is 4.48. The molecule has 0 aliphatic heterocycles. The van der Waals surface area contributed by atoms with Crippen LogP contribution in [0.5, 0.6) is 0 Å². The second kappa shape index (κ2) is 7.87. The van der Waals surface area contributed by atoms with E-state index in [0.29, 0.717) is 0 Å². The van der Waals surface area contributed by atoms with E-state index >= 15 is 0 Å². The van der Waals surface area contributed by atoms with E-state index in [1.807, 2.05) is 0 Å². The molecule has 0 aromatic heterocycles. The predicted octanol–water partition coefficient (Wildman–Crippen LogP) is 3.57. The van der Waals surface area contributed by atoms with Gasteiger partial charge in [0.25, 0.3) is 0 Å². The zero-order valence-electron chi connectivity index (χ0n) is 6.82. The van der Waals surface area contributed by atoms with Gasteiger partial charge < -0.3 is 0 Å². The van der Waals surface area contributed by atoms with Gasteiger partial charge in [0.05, 0.1) is 19.3 Å². The highest BCUT2D eigenvalue weighted by molar-refractivity contribution is 4.62. The molecule has 0 heterocycles. The van der Waals surface area contributed by atoms with Gasteiger partial charge in [0.1, 0.15) is 0 Å². The molecule has 0 aliphatic carbocycles. The van der Waals surface area contributed by atoms with Crippen LogP contribution in [-0.4, -0.2) is 0 Å². The molecule has 9 heavy (non-hydrogen) atoms. The normalized spacial score (nSPS) is 9.56. The first kappa shape index (κ1) is 8.87. The molecule has 0 radical (unpaired) electrons. The minimum Gasteiger partial charge on any atom is -0.0654 e. The molecule has 0 aliphatic rings. The van der Waals surface area contributed by atoms with Crippen molar-refractivity contribution in [1.29, 1.82) is 0 Å². The van der Waals surface area contributed by atoms with Crippen LogP contribution in [0.2, 0.25) is 0 Å². The molecule has 0 unspecified atom stereocenters. The molecule has 0 amide bonds. The molecule has 0 nitrogen and oxygen atoms in total.